The Morgan fingerprint density at radius 1 is 1.41 bits per heavy atom. The number of hydrogen-bond acceptors (Lipinski definition) is 4. The number of hydrogen-bond donors (Lipinski definition) is 1. The summed E-state index contributed by atoms with van der Waals surface area (Å²) in [6.45, 7) is -1.32. The van der Waals surface area contributed by atoms with Gasteiger partial charge >= 0.3 is 6.18 Å². The summed E-state index contributed by atoms with van der Waals surface area (Å²) < 4.78 is 41.8. The van der Waals surface area contributed by atoms with Gasteiger partial charge in [0.1, 0.15) is 24.4 Å². The molecule has 0 aromatic carbocycles. The number of alkyl halides is 3. The highest BCUT2D eigenvalue weighted by molar-refractivity contribution is 5.98. The second-order valence-electron chi connectivity index (χ2n) is 5.58. The molecule has 6 nitrogen and oxygen atoms in total. The van der Waals surface area contributed by atoms with Crippen molar-refractivity contribution in [2.45, 2.75) is 37.4 Å². The van der Waals surface area contributed by atoms with Crippen LogP contribution in [0.4, 0.5) is 13.2 Å². The lowest BCUT2D eigenvalue weighted by Crippen LogP contribution is -2.43. The Balaban J connectivity index is 1.62. The SMILES string of the molecule is O=C(N[C@H]1CCN(CC(F)(F)F)C1=O)c1conc1C1CC1. The third-order valence-electron chi connectivity index (χ3n) is 3.78. The molecule has 22 heavy (non-hydrogen) atoms. The zero-order valence-electron chi connectivity index (χ0n) is 11.5. The van der Waals surface area contributed by atoms with Crippen LogP contribution in [0.3, 0.4) is 0 Å². The zero-order chi connectivity index (χ0) is 15.9. The van der Waals surface area contributed by atoms with Crippen LogP contribution in [-0.4, -0.2) is 47.2 Å². The van der Waals surface area contributed by atoms with Gasteiger partial charge in [-0.1, -0.05) is 5.16 Å². The molecule has 1 aliphatic carbocycles. The topological polar surface area (TPSA) is 75.4 Å². The molecular weight excluding hydrogens is 303 g/mol. The quantitative estimate of drug-likeness (QED) is 0.912. The van der Waals surface area contributed by atoms with Crippen molar-refractivity contribution in [2.75, 3.05) is 13.1 Å². The first-order chi connectivity index (χ1) is 10.3. The van der Waals surface area contributed by atoms with Gasteiger partial charge in [0.25, 0.3) is 5.91 Å². The molecule has 1 atom stereocenters. The molecular formula is C13H14F3N3O3. The highest BCUT2D eigenvalue weighted by atomic mass is 19.4. The van der Waals surface area contributed by atoms with E-state index in [0.29, 0.717) is 10.6 Å². The van der Waals surface area contributed by atoms with Crippen molar-refractivity contribution in [3.63, 3.8) is 0 Å². The molecule has 1 aromatic rings. The van der Waals surface area contributed by atoms with Crippen LogP contribution < -0.4 is 5.32 Å². The van der Waals surface area contributed by atoms with E-state index in [1.807, 2.05) is 0 Å². The Labute approximate surface area is 123 Å². The van der Waals surface area contributed by atoms with Crippen LogP contribution in [0.15, 0.2) is 10.8 Å². The van der Waals surface area contributed by atoms with E-state index >= 15 is 0 Å². The molecule has 1 saturated carbocycles. The van der Waals surface area contributed by atoms with Gasteiger partial charge in [0.2, 0.25) is 5.91 Å². The summed E-state index contributed by atoms with van der Waals surface area (Å²) in [7, 11) is 0. The summed E-state index contributed by atoms with van der Waals surface area (Å²) >= 11 is 0. The average molecular weight is 317 g/mol. The minimum absolute atomic E-state index is 0.0254. The molecule has 0 radical (unpaired) electrons. The van der Waals surface area contributed by atoms with Crippen molar-refractivity contribution >= 4 is 11.8 Å². The summed E-state index contributed by atoms with van der Waals surface area (Å²) in [4.78, 5) is 24.7. The van der Waals surface area contributed by atoms with Crippen LogP contribution in [0.25, 0.3) is 0 Å². The minimum atomic E-state index is -4.44. The summed E-state index contributed by atoms with van der Waals surface area (Å²) in [5.41, 5.74) is 0.805. The summed E-state index contributed by atoms with van der Waals surface area (Å²) in [6.07, 6.45) is -1.23. The fourth-order valence-corrected chi connectivity index (χ4v) is 2.55. The minimum Gasteiger partial charge on any atom is -0.364 e. The number of carbonyl (C=O) groups excluding carboxylic acids is 2. The van der Waals surface area contributed by atoms with Crippen molar-refractivity contribution in [3.8, 4) is 0 Å². The van der Waals surface area contributed by atoms with E-state index in [9.17, 15) is 22.8 Å². The Bertz CT molecular complexity index is 595. The van der Waals surface area contributed by atoms with Crippen LogP contribution in [0.2, 0.25) is 0 Å². The summed E-state index contributed by atoms with van der Waals surface area (Å²) in [6, 6.07) is -0.934. The van der Waals surface area contributed by atoms with Crippen molar-refractivity contribution in [1.29, 1.82) is 0 Å². The summed E-state index contributed by atoms with van der Waals surface area (Å²) in [5.74, 6) is -1.05. The van der Waals surface area contributed by atoms with Crippen molar-refractivity contribution in [3.05, 3.63) is 17.5 Å². The number of nitrogens with zero attached hydrogens (tertiary/aromatic N) is 2. The first-order valence-corrected chi connectivity index (χ1v) is 6.96. The lowest BCUT2D eigenvalue weighted by atomic mass is 10.1. The summed E-state index contributed by atoms with van der Waals surface area (Å²) in [5, 5.41) is 6.25. The molecule has 2 heterocycles. The number of halogens is 3. The molecule has 2 amide bonds. The largest absolute Gasteiger partial charge is 0.406 e. The Morgan fingerprint density at radius 3 is 2.77 bits per heavy atom. The molecule has 0 unspecified atom stereocenters. The number of carbonyl (C=O) groups is 2. The zero-order valence-corrected chi connectivity index (χ0v) is 11.5. The number of aromatic nitrogens is 1. The van der Waals surface area contributed by atoms with Crippen molar-refractivity contribution < 1.29 is 27.3 Å². The van der Waals surface area contributed by atoms with Crippen LogP contribution in [0.5, 0.6) is 0 Å². The highest BCUT2D eigenvalue weighted by Gasteiger charge is 2.40. The fourth-order valence-electron chi connectivity index (χ4n) is 2.55. The Morgan fingerprint density at radius 2 is 2.14 bits per heavy atom. The standard InChI is InChI=1S/C13H14F3N3O3/c14-13(15,16)6-19-4-3-9(12(19)21)17-11(20)8-5-22-18-10(8)7-1-2-7/h5,7,9H,1-4,6H2,(H,17,20)/t9-/m0/s1. The predicted octanol–water partition coefficient (Wildman–Crippen LogP) is 1.44. The van der Waals surface area contributed by atoms with Crippen LogP contribution in [0, 0.1) is 0 Å². The number of likely N-dealkylation sites (tertiary alicyclic amines) is 1. The van der Waals surface area contributed by atoms with Crippen LogP contribution in [0.1, 0.15) is 41.2 Å². The monoisotopic (exact) mass is 317 g/mol. The van der Waals surface area contributed by atoms with E-state index in [4.69, 9.17) is 4.52 Å². The molecule has 0 spiro atoms. The molecule has 2 aliphatic rings. The third kappa shape index (κ3) is 3.07. The molecule has 1 aliphatic heterocycles. The third-order valence-corrected chi connectivity index (χ3v) is 3.78. The second-order valence-corrected chi connectivity index (χ2v) is 5.58. The van der Waals surface area contributed by atoms with E-state index in [1.165, 1.54) is 6.26 Å². The van der Waals surface area contributed by atoms with Gasteiger partial charge in [-0.15, -0.1) is 0 Å². The fraction of sp³-hybridized carbons (Fsp3) is 0.615. The first kappa shape index (κ1) is 14.9. The van der Waals surface area contributed by atoms with Crippen LogP contribution >= 0.6 is 0 Å². The lowest BCUT2D eigenvalue weighted by molar-refractivity contribution is -0.157. The smallest absolute Gasteiger partial charge is 0.364 e. The second kappa shape index (κ2) is 5.29. The molecule has 120 valence electrons. The predicted molar refractivity (Wildman–Crippen MR) is 67.0 cm³/mol. The van der Waals surface area contributed by atoms with E-state index in [1.54, 1.807) is 0 Å². The van der Waals surface area contributed by atoms with Gasteiger partial charge < -0.3 is 14.7 Å². The molecule has 1 N–H and O–H groups in total. The normalized spacial score (nSPS) is 22.2. The van der Waals surface area contributed by atoms with Crippen LogP contribution in [-0.2, 0) is 4.79 Å². The van der Waals surface area contributed by atoms with Gasteiger partial charge in [-0.05, 0) is 19.3 Å². The van der Waals surface area contributed by atoms with Gasteiger partial charge in [0.15, 0.2) is 0 Å². The van der Waals surface area contributed by atoms with Crippen molar-refractivity contribution in [1.82, 2.24) is 15.4 Å². The van der Waals surface area contributed by atoms with Gasteiger partial charge in [-0.2, -0.15) is 13.2 Å². The molecule has 1 aromatic heterocycles. The van der Waals surface area contributed by atoms with E-state index in [-0.39, 0.29) is 24.4 Å². The highest BCUT2D eigenvalue weighted by Crippen LogP contribution is 2.40. The maximum atomic E-state index is 12.3. The first-order valence-electron chi connectivity index (χ1n) is 6.96. The molecule has 3 rings (SSSR count). The molecule has 0 bridgehead atoms. The van der Waals surface area contributed by atoms with Gasteiger partial charge in [0.05, 0.1) is 5.69 Å². The van der Waals surface area contributed by atoms with Crippen molar-refractivity contribution in [2.24, 2.45) is 0 Å². The Hall–Kier alpha value is -2.06. The maximum Gasteiger partial charge on any atom is 0.406 e. The number of amides is 2. The van der Waals surface area contributed by atoms with E-state index < -0.39 is 30.6 Å². The molecule has 2 fully saturated rings. The van der Waals surface area contributed by atoms with Gasteiger partial charge in [0, 0.05) is 12.5 Å². The maximum absolute atomic E-state index is 12.3. The molecule has 9 heteroatoms. The van der Waals surface area contributed by atoms with Gasteiger partial charge in [-0.25, -0.2) is 0 Å². The van der Waals surface area contributed by atoms with E-state index in [0.717, 1.165) is 12.8 Å². The number of rotatable bonds is 4. The average Bonchev–Trinajstić information content (AvgIpc) is 3.07. The molecule has 1 saturated heterocycles. The Kier molecular flexibility index (Phi) is 3.57. The van der Waals surface area contributed by atoms with E-state index in [2.05, 4.69) is 10.5 Å². The number of nitrogens with one attached hydrogen (secondary N) is 1. The van der Waals surface area contributed by atoms with Gasteiger partial charge in [-0.3, -0.25) is 9.59 Å². The lowest BCUT2D eigenvalue weighted by Gasteiger charge is -2.18.